The van der Waals surface area contributed by atoms with E-state index in [1.807, 2.05) is 0 Å². The van der Waals surface area contributed by atoms with Crippen molar-refractivity contribution in [1.82, 2.24) is 13.7 Å². The molecule has 1 aliphatic rings. The average molecular weight is 302 g/mol. The number of thiazole rings is 1. The second-order valence-corrected chi connectivity index (χ2v) is 7.09. The van der Waals surface area contributed by atoms with Crippen molar-refractivity contribution in [3.63, 3.8) is 0 Å². The number of hydrogen-bond donors (Lipinski definition) is 1. The molecule has 2 aromatic heterocycles. The number of ether oxygens (including phenoxy) is 1. The van der Waals surface area contributed by atoms with Crippen LogP contribution in [-0.4, -0.2) is 48.4 Å². The molecule has 0 bridgehead atoms. The van der Waals surface area contributed by atoms with Crippen molar-refractivity contribution < 1.29 is 13.2 Å². The molecular weight excluding hydrogens is 288 g/mol. The maximum Gasteiger partial charge on any atom is 0.262 e. The number of nitrogens with zero attached hydrogens (tertiary/aromatic N) is 3. The molecule has 2 N–H and O–H groups in total. The molecule has 0 amide bonds. The monoisotopic (exact) mass is 302 g/mol. The van der Waals surface area contributed by atoms with Crippen LogP contribution in [0.2, 0.25) is 0 Å². The summed E-state index contributed by atoms with van der Waals surface area (Å²) in [5.41, 5.74) is 5.76. The summed E-state index contributed by atoms with van der Waals surface area (Å²) in [5.74, 6) is 0.0488. The third-order valence-corrected chi connectivity index (χ3v) is 5.93. The fraction of sp³-hybridized carbons (Fsp3) is 0.500. The van der Waals surface area contributed by atoms with Crippen LogP contribution in [0.15, 0.2) is 16.6 Å². The first-order valence-corrected chi connectivity index (χ1v) is 8.10. The Kier molecular flexibility index (Phi) is 3.01. The van der Waals surface area contributed by atoms with E-state index in [4.69, 9.17) is 10.5 Å². The van der Waals surface area contributed by atoms with Gasteiger partial charge in [-0.05, 0) is 6.42 Å². The molecule has 0 saturated carbocycles. The zero-order valence-corrected chi connectivity index (χ0v) is 11.9. The van der Waals surface area contributed by atoms with E-state index in [2.05, 4.69) is 4.98 Å². The van der Waals surface area contributed by atoms with Crippen molar-refractivity contribution in [1.29, 1.82) is 0 Å². The molecule has 0 aromatic carbocycles. The molecule has 7 nitrogen and oxygen atoms in total. The molecule has 104 valence electrons. The first-order chi connectivity index (χ1) is 9.04. The molecule has 19 heavy (non-hydrogen) atoms. The number of rotatable bonds is 3. The molecule has 9 heteroatoms. The minimum Gasteiger partial charge on any atom is -0.381 e. The van der Waals surface area contributed by atoms with Gasteiger partial charge < -0.3 is 10.5 Å². The Bertz CT molecular complexity index is 705. The Morgan fingerprint density at radius 1 is 1.58 bits per heavy atom. The van der Waals surface area contributed by atoms with Gasteiger partial charge in [-0.1, -0.05) is 0 Å². The summed E-state index contributed by atoms with van der Waals surface area (Å²) in [4.78, 5) is 4.65. The number of methoxy groups -OCH3 is 1. The Labute approximate surface area is 114 Å². The first-order valence-electron chi connectivity index (χ1n) is 5.78. The van der Waals surface area contributed by atoms with Gasteiger partial charge in [-0.25, -0.2) is 13.4 Å². The highest BCUT2D eigenvalue weighted by molar-refractivity contribution is 7.89. The molecule has 1 unspecified atom stereocenters. The molecule has 0 spiro atoms. The Morgan fingerprint density at radius 2 is 2.37 bits per heavy atom. The minimum absolute atomic E-state index is 0.0488. The van der Waals surface area contributed by atoms with Gasteiger partial charge in [-0.15, -0.1) is 11.3 Å². The molecule has 1 fully saturated rings. The lowest BCUT2D eigenvalue weighted by atomic mass is 10.3. The Balaban J connectivity index is 2.05. The Hall–Kier alpha value is -1.16. The van der Waals surface area contributed by atoms with E-state index >= 15 is 0 Å². The van der Waals surface area contributed by atoms with E-state index < -0.39 is 10.0 Å². The van der Waals surface area contributed by atoms with Crippen LogP contribution < -0.4 is 5.73 Å². The molecule has 2 aromatic rings. The fourth-order valence-corrected chi connectivity index (χ4v) is 4.71. The van der Waals surface area contributed by atoms with E-state index in [1.54, 1.807) is 18.7 Å². The molecule has 3 heterocycles. The fourth-order valence-electron chi connectivity index (χ4n) is 2.27. The van der Waals surface area contributed by atoms with Gasteiger partial charge in [-0.2, -0.15) is 4.31 Å². The second kappa shape index (κ2) is 4.44. The number of hydrogen-bond acceptors (Lipinski definition) is 6. The van der Waals surface area contributed by atoms with Crippen LogP contribution in [-0.2, 0) is 14.8 Å². The molecule has 1 atom stereocenters. The number of imidazole rings is 1. The summed E-state index contributed by atoms with van der Waals surface area (Å²) in [7, 11) is -2.04. The van der Waals surface area contributed by atoms with Gasteiger partial charge in [-0.3, -0.25) is 4.40 Å². The summed E-state index contributed by atoms with van der Waals surface area (Å²) in [6, 6.07) is 0. The average Bonchev–Trinajstić information content (AvgIpc) is 3.01. The SMILES string of the molecule is COC1CCN(S(=O)(=O)c2c(N)nc3sccn23)C1. The van der Waals surface area contributed by atoms with Crippen LogP contribution in [0.5, 0.6) is 0 Å². The van der Waals surface area contributed by atoms with Crippen molar-refractivity contribution in [2.24, 2.45) is 0 Å². The van der Waals surface area contributed by atoms with Gasteiger partial charge >= 0.3 is 0 Å². The third kappa shape index (κ3) is 1.93. The zero-order chi connectivity index (χ0) is 13.6. The van der Waals surface area contributed by atoms with E-state index in [0.29, 0.717) is 24.5 Å². The standard InChI is InChI=1S/C10H14N4O3S2/c1-17-7-2-3-13(6-7)19(15,16)9-8(11)12-10-14(9)4-5-18-10/h4-5,7H,2-3,6,11H2,1H3. The van der Waals surface area contributed by atoms with E-state index in [9.17, 15) is 8.42 Å². The number of aromatic nitrogens is 2. The number of anilines is 1. The normalized spacial score (nSPS) is 21.4. The maximum atomic E-state index is 12.6. The van der Waals surface area contributed by atoms with Crippen molar-refractivity contribution in [3.05, 3.63) is 11.6 Å². The largest absolute Gasteiger partial charge is 0.381 e. The number of fused-ring (bicyclic) bond motifs is 1. The van der Waals surface area contributed by atoms with Gasteiger partial charge in [0.25, 0.3) is 10.0 Å². The second-order valence-electron chi connectivity index (χ2n) is 4.37. The zero-order valence-electron chi connectivity index (χ0n) is 10.3. The highest BCUT2D eigenvalue weighted by Crippen LogP contribution is 2.28. The predicted octanol–water partition coefficient (Wildman–Crippen LogP) is 0.387. The van der Waals surface area contributed by atoms with E-state index in [-0.39, 0.29) is 16.9 Å². The van der Waals surface area contributed by atoms with Crippen LogP contribution in [0.1, 0.15) is 6.42 Å². The lowest BCUT2D eigenvalue weighted by Gasteiger charge is -2.15. The summed E-state index contributed by atoms with van der Waals surface area (Å²) in [6.45, 7) is 0.799. The van der Waals surface area contributed by atoms with Gasteiger partial charge in [0.05, 0.1) is 6.10 Å². The number of sulfonamides is 1. The van der Waals surface area contributed by atoms with Crippen molar-refractivity contribution in [2.75, 3.05) is 25.9 Å². The lowest BCUT2D eigenvalue weighted by molar-refractivity contribution is 0.115. The highest BCUT2D eigenvalue weighted by atomic mass is 32.2. The Morgan fingerprint density at radius 3 is 3.05 bits per heavy atom. The number of nitrogen functional groups attached to an aromatic ring is 1. The summed E-state index contributed by atoms with van der Waals surface area (Å²) < 4.78 is 33.4. The van der Waals surface area contributed by atoms with Crippen LogP contribution >= 0.6 is 11.3 Å². The topological polar surface area (TPSA) is 89.9 Å². The van der Waals surface area contributed by atoms with Crippen LogP contribution in [0, 0.1) is 0 Å². The van der Waals surface area contributed by atoms with Crippen LogP contribution in [0.4, 0.5) is 5.82 Å². The summed E-state index contributed by atoms with van der Waals surface area (Å²) >= 11 is 1.35. The lowest BCUT2D eigenvalue weighted by Crippen LogP contribution is -2.31. The molecular formula is C10H14N4O3S2. The molecule has 1 saturated heterocycles. The van der Waals surface area contributed by atoms with Gasteiger partial charge in [0.1, 0.15) is 0 Å². The van der Waals surface area contributed by atoms with Crippen molar-refractivity contribution in [2.45, 2.75) is 17.6 Å². The van der Waals surface area contributed by atoms with Gasteiger partial charge in [0, 0.05) is 31.8 Å². The first kappa shape index (κ1) is 12.9. The summed E-state index contributed by atoms with van der Waals surface area (Å²) in [6.07, 6.45) is 2.31. The number of nitrogens with two attached hydrogens (primary N) is 1. The van der Waals surface area contributed by atoms with Crippen molar-refractivity contribution in [3.8, 4) is 0 Å². The summed E-state index contributed by atoms with van der Waals surface area (Å²) in [5, 5.41) is 1.84. The van der Waals surface area contributed by atoms with E-state index in [1.165, 1.54) is 20.0 Å². The maximum absolute atomic E-state index is 12.6. The third-order valence-electron chi connectivity index (χ3n) is 3.27. The van der Waals surface area contributed by atoms with Crippen LogP contribution in [0.25, 0.3) is 4.96 Å². The molecule has 1 aliphatic heterocycles. The highest BCUT2D eigenvalue weighted by Gasteiger charge is 2.36. The van der Waals surface area contributed by atoms with E-state index in [0.717, 1.165) is 0 Å². The predicted molar refractivity (Wildman–Crippen MR) is 71.7 cm³/mol. The minimum atomic E-state index is -3.63. The molecule has 0 radical (unpaired) electrons. The smallest absolute Gasteiger partial charge is 0.262 e. The van der Waals surface area contributed by atoms with Crippen molar-refractivity contribution >= 4 is 32.1 Å². The molecule has 0 aliphatic carbocycles. The van der Waals surface area contributed by atoms with Gasteiger partial charge in [0.15, 0.2) is 15.8 Å². The van der Waals surface area contributed by atoms with Crippen LogP contribution in [0.3, 0.4) is 0 Å². The quantitative estimate of drug-likeness (QED) is 0.885. The van der Waals surface area contributed by atoms with Gasteiger partial charge in [0.2, 0.25) is 0 Å². The molecule has 3 rings (SSSR count).